The predicted octanol–water partition coefficient (Wildman–Crippen LogP) is 3.73. The summed E-state index contributed by atoms with van der Waals surface area (Å²) in [6, 6.07) is 5.88. The highest BCUT2D eigenvalue weighted by Crippen LogP contribution is 2.22. The van der Waals surface area contributed by atoms with Crippen LogP contribution in [0.3, 0.4) is 0 Å². The van der Waals surface area contributed by atoms with Gasteiger partial charge in [-0.05, 0) is 49.9 Å². The number of aromatic amines is 1. The minimum Gasteiger partial charge on any atom is -0.451 e. The van der Waals surface area contributed by atoms with Crippen LogP contribution in [0.4, 0.5) is 0 Å². The number of carbonyl (C=O) groups excluding carboxylic acids is 2. The van der Waals surface area contributed by atoms with Crippen molar-refractivity contribution in [2.75, 3.05) is 19.7 Å². The van der Waals surface area contributed by atoms with Gasteiger partial charge in [-0.15, -0.1) is 0 Å². The van der Waals surface area contributed by atoms with E-state index in [1.807, 2.05) is 24.8 Å². The van der Waals surface area contributed by atoms with Gasteiger partial charge >= 0.3 is 5.97 Å². The summed E-state index contributed by atoms with van der Waals surface area (Å²) < 4.78 is 5.25. The normalized spacial score (nSPS) is 15.7. The second kappa shape index (κ2) is 7.72. The third-order valence-corrected chi connectivity index (χ3v) is 4.84. The van der Waals surface area contributed by atoms with Crippen molar-refractivity contribution in [1.82, 2.24) is 9.88 Å². The molecular formula is C20H26N2O3. The summed E-state index contributed by atoms with van der Waals surface area (Å²) in [4.78, 5) is 29.5. The van der Waals surface area contributed by atoms with Gasteiger partial charge in [0.2, 0.25) is 0 Å². The van der Waals surface area contributed by atoms with Crippen LogP contribution in [0.5, 0.6) is 0 Å². The van der Waals surface area contributed by atoms with Crippen molar-refractivity contribution in [3.8, 4) is 0 Å². The summed E-state index contributed by atoms with van der Waals surface area (Å²) >= 11 is 0. The molecule has 5 nitrogen and oxygen atoms in total. The molecule has 134 valence electrons. The lowest BCUT2D eigenvalue weighted by Gasteiger charge is -2.24. The van der Waals surface area contributed by atoms with Crippen molar-refractivity contribution < 1.29 is 14.3 Å². The third kappa shape index (κ3) is 4.21. The Morgan fingerprint density at radius 3 is 2.44 bits per heavy atom. The standard InChI is InChI=1S/C20H26N2O3/c1-14-10-15(2)16-12-18(21-17(16)11-14)20(24)25-13-19(23)22-8-6-4-3-5-7-9-22/h10-12,21H,3-9,13H2,1-2H3. The SMILES string of the molecule is Cc1cc(C)c2cc(C(=O)OCC(=O)N3CCCCCCC3)[nH]c2c1. The van der Waals surface area contributed by atoms with E-state index in [2.05, 4.69) is 11.1 Å². The second-order valence-electron chi connectivity index (χ2n) is 6.95. The van der Waals surface area contributed by atoms with Gasteiger partial charge in [0.05, 0.1) is 0 Å². The average molecular weight is 342 g/mol. The number of carbonyl (C=O) groups is 2. The molecule has 0 aliphatic carbocycles. The molecule has 2 aromatic rings. The number of fused-ring (bicyclic) bond motifs is 1. The van der Waals surface area contributed by atoms with E-state index in [0.29, 0.717) is 5.69 Å². The van der Waals surface area contributed by atoms with Crippen LogP contribution < -0.4 is 0 Å². The fraction of sp³-hybridized carbons (Fsp3) is 0.500. The van der Waals surface area contributed by atoms with E-state index in [0.717, 1.165) is 60.8 Å². The van der Waals surface area contributed by atoms with Crippen molar-refractivity contribution in [3.05, 3.63) is 35.0 Å². The Kier molecular flexibility index (Phi) is 5.41. The number of H-pyrrole nitrogens is 1. The Labute approximate surface area is 148 Å². The van der Waals surface area contributed by atoms with Crippen LogP contribution in [-0.2, 0) is 9.53 Å². The quantitative estimate of drug-likeness (QED) is 0.865. The van der Waals surface area contributed by atoms with Crippen molar-refractivity contribution in [2.24, 2.45) is 0 Å². The first-order valence-electron chi connectivity index (χ1n) is 9.09. The molecule has 1 N–H and O–H groups in total. The van der Waals surface area contributed by atoms with Gasteiger partial charge in [-0.1, -0.05) is 25.3 Å². The van der Waals surface area contributed by atoms with Gasteiger partial charge in [0.25, 0.3) is 5.91 Å². The summed E-state index contributed by atoms with van der Waals surface area (Å²) in [6.07, 6.45) is 5.63. The first-order valence-corrected chi connectivity index (χ1v) is 9.09. The number of aromatic nitrogens is 1. The highest BCUT2D eigenvalue weighted by atomic mass is 16.5. The summed E-state index contributed by atoms with van der Waals surface area (Å²) in [5.41, 5.74) is 3.56. The second-order valence-corrected chi connectivity index (χ2v) is 6.95. The Morgan fingerprint density at radius 1 is 1.04 bits per heavy atom. The van der Waals surface area contributed by atoms with E-state index in [9.17, 15) is 9.59 Å². The van der Waals surface area contributed by atoms with Gasteiger partial charge in [0, 0.05) is 24.0 Å². The maximum Gasteiger partial charge on any atom is 0.355 e. The van der Waals surface area contributed by atoms with E-state index in [1.165, 1.54) is 6.42 Å². The third-order valence-electron chi connectivity index (χ3n) is 4.84. The van der Waals surface area contributed by atoms with Crippen LogP contribution >= 0.6 is 0 Å². The maximum atomic E-state index is 12.3. The predicted molar refractivity (Wildman–Crippen MR) is 97.7 cm³/mol. The minimum atomic E-state index is -0.478. The van der Waals surface area contributed by atoms with Crippen molar-refractivity contribution >= 4 is 22.8 Å². The molecule has 5 heteroatoms. The van der Waals surface area contributed by atoms with E-state index in [4.69, 9.17) is 4.74 Å². The molecule has 25 heavy (non-hydrogen) atoms. The minimum absolute atomic E-state index is 0.0987. The fourth-order valence-electron chi connectivity index (χ4n) is 3.50. The lowest BCUT2D eigenvalue weighted by molar-refractivity contribution is -0.134. The highest BCUT2D eigenvalue weighted by molar-refractivity contribution is 5.96. The van der Waals surface area contributed by atoms with Crippen molar-refractivity contribution in [1.29, 1.82) is 0 Å². The van der Waals surface area contributed by atoms with Crippen LogP contribution in [0.2, 0.25) is 0 Å². The van der Waals surface area contributed by atoms with Gasteiger partial charge in [-0.3, -0.25) is 4.79 Å². The van der Waals surface area contributed by atoms with E-state index < -0.39 is 5.97 Å². The lowest BCUT2D eigenvalue weighted by atomic mass is 10.1. The number of hydrogen-bond acceptors (Lipinski definition) is 3. The number of hydrogen-bond donors (Lipinski definition) is 1. The average Bonchev–Trinajstić information content (AvgIpc) is 2.96. The first kappa shape index (κ1) is 17.5. The van der Waals surface area contributed by atoms with E-state index >= 15 is 0 Å². The smallest absolute Gasteiger partial charge is 0.355 e. The van der Waals surface area contributed by atoms with Gasteiger partial charge in [-0.25, -0.2) is 4.79 Å². The molecule has 3 rings (SSSR count). The Hall–Kier alpha value is -2.30. The zero-order valence-corrected chi connectivity index (χ0v) is 15.1. The Balaban J connectivity index is 1.62. The molecule has 0 saturated carbocycles. The van der Waals surface area contributed by atoms with E-state index in [-0.39, 0.29) is 12.5 Å². The Morgan fingerprint density at radius 2 is 1.72 bits per heavy atom. The lowest BCUT2D eigenvalue weighted by Crippen LogP contribution is -2.36. The number of nitrogens with one attached hydrogen (secondary N) is 1. The summed E-state index contributed by atoms with van der Waals surface area (Å²) in [6.45, 7) is 5.38. The van der Waals surface area contributed by atoms with Gasteiger partial charge < -0.3 is 14.6 Å². The van der Waals surface area contributed by atoms with Gasteiger partial charge in [0.15, 0.2) is 6.61 Å². The summed E-state index contributed by atoms with van der Waals surface area (Å²) in [7, 11) is 0. The molecule has 0 atom stereocenters. The molecule has 0 unspecified atom stereocenters. The largest absolute Gasteiger partial charge is 0.451 e. The van der Waals surface area contributed by atoms with Crippen molar-refractivity contribution in [2.45, 2.75) is 46.0 Å². The molecular weight excluding hydrogens is 316 g/mol. The molecule has 2 heterocycles. The molecule has 1 saturated heterocycles. The number of esters is 1. The monoisotopic (exact) mass is 342 g/mol. The fourth-order valence-corrected chi connectivity index (χ4v) is 3.50. The molecule has 1 fully saturated rings. The van der Waals surface area contributed by atoms with Crippen LogP contribution in [0.25, 0.3) is 10.9 Å². The highest BCUT2D eigenvalue weighted by Gasteiger charge is 2.18. The molecule has 1 aromatic heterocycles. The molecule has 0 radical (unpaired) electrons. The van der Waals surface area contributed by atoms with Crippen LogP contribution in [0.15, 0.2) is 18.2 Å². The number of nitrogens with zero attached hydrogens (tertiary/aromatic N) is 1. The number of aryl methyl sites for hydroxylation is 2. The number of benzene rings is 1. The van der Waals surface area contributed by atoms with Gasteiger partial charge in [-0.2, -0.15) is 0 Å². The first-order chi connectivity index (χ1) is 12.0. The number of rotatable bonds is 3. The van der Waals surface area contributed by atoms with E-state index in [1.54, 1.807) is 6.07 Å². The maximum absolute atomic E-state index is 12.3. The topological polar surface area (TPSA) is 62.4 Å². The molecule has 0 bridgehead atoms. The zero-order chi connectivity index (χ0) is 17.8. The Bertz CT molecular complexity index is 771. The number of likely N-dealkylation sites (tertiary alicyclic amines) is 1. The van der Waals surface area contributed by atoms with Gasteiger partial charge in [0.1, 0.15) is 5.69 Å². The number of amides is 1. The van der Waals surface area contributed by atoms with Crippen LogP contribution in [0, 0.1) is 13.8 Å². The molecule has 1 amide bonds. The molecule has 0 spiro atoms. The number of ether oxygens (including phenoxy) is 1. The van der Waals surface area contributed by atoms with Crippen LogP contribution in [-0.4, -0.2) is 41.5 Å². The van der Waals surface area contributed by atoms with Crippen molar-refractivity contribution in [3.63, 3.8) is 0 Å². The summed E-state index contributed by atoms with van der Waals surface area (Å²) in [5.74, 6) is -0.577. The molecule has 1 aromatic carbocycles. The zero-order valence-electron chi connectivity index (χ0n) is 15.1. The molecule has 1 aliphatic heterocycles. The summed E-state index contributed by atoms with van der Waals surface area (Å²) in [5, 5.41) is 1.01. The van der Waals surface area contributed by atoms with Crippen LogP contribution in [0.1, 0.15) is 53.7 Å². The molecule has 1 aliphatic rings.